The lowest BCUT2D eigenvalue weighted by Gasteiger charge is -2.26. The molecule has 3 aromatic carbocycles. The Hall–Kier alpha value is -4.52. The van der Waals surface area contributed by atoms with Crippen molar-refractivity contribution in [3.05, 3.63) is 107 Å². The molecule has 5 rings (SSSR count). The maximum Gasteiger partial charge on any atom is 0.269 e. The van der Waals surface area contributed by atoms with Crippen LogP contribution >= 0.6 is 0 Å². The maximum atomic E-state index is 11.5. The van der Waals surface area contributed by atoms with Crippen LogP contribution < -0.4 is 5.73 Å². The minimum Gasteiger partial charge on any atom is -0.421 e. The number of aromatic nitrogens is 4. The molecule has 0 aliphatic carbocycles. The fourth-order valence-corrected chi connectivity index (χ4v) is 4.34. The molecule has 7 heteroatoms. The summed E-state index contributed by atoms with van der Waals surface area (Å²) in [6.45, 7) is 8.10. The zero-order valence-electron chi connectivity index (χ0n) is 20.7. The van der Waals surface area contributed by atoms with Crippen LogP contribution in [0.3, 0.4) is 0 Å². The molecular formula is C29H27N5O2. The third-order valence-electron chi connectivity index (χ3n) is 6.57. The molecule has 36 heavy (non-hydrogen) atoms. The van der Waals surface area contributed by atoms with Crippen molar-refractivity contribution in [2.24, 2.45) is 5.73 Å². The van der Waals surface area contributed by atoms with E-state index in [1.807, 2.05) is 31.2 Å². The van der Waals surface area contributed by atoms with Crippen molar-refractivity contribution in [2.75, 3.05) is 0 Å². The summed E-state index contributed by atoms with van der Waals surface area (Å²) in [6.07, 6.45) is 0. The second-order valence-corrected chi connectivity index (χ2v) is 9.40. The van der Waals surface area contributed by atoms with Crippen molar-refractivity contribution < 1.29 is 9.21 Å². The summed E-state index contributed by atoms with van der Waals surface area (Å²) < 4.78 is 7.25. The first-order valence-electron chi connectivity index (χ1n) is 11.7. The lowest BCUT2D eigenvalue weighted by Crippen LogP contribution is -2.19. The Morgan fingerprint density at radius 2 is 1.33 bits per heavy atom. The highest BCUT2D eigenvalue weighted by molar-refractivity contribution is 5.90. The monoisotopic (exact) mass is 477 g/mol. The molecule has 0 aliphatic heterocycles. The second-order valence-electron chi connectivity index (χ2n) is 9.40. The van der Waals surface area contributed by atoms with Crippen LogP contribution in [0.25, 0.3) is 28.3 Å². The molecular weight excluding hydrogens is 450 g/mol. The van der Waals surface area contributed by atoms with Gasteiger partial charge in [-0.1, -0.05) is 62.4 Å². The van der Waals surface area contributed by atoms with Gasteiger partial charge in [0.1, 0.15) is 0 Å². The highest BCUT2D eigenvalue weighted by atomic mass is 16.4. The minimum absolute atomic E-state index is 0.200. The van der Waals surface area contributed by atoms with Crippen molar-refractivity contribution in [3.8, 4) is 28.3 Å². The lowest BCUT2D eigenvalue weighted by molar-refractivity contribution is 0.0995. The first kappa shape index (κ1) is 23.2. The van der Waals surface area contributed by atoms with Crippen LogP contribution in [-0.2, 0) is 5.41 Å². The molecule has 7 nitrogen and oxygen atoms in total. The fourth-order valence-electron chi connectivity index (χ4n) is 4.34. The van der Waals surface area contributed by atoms with Gasteiger partial charge >= 0.3 is 0 Å². The van der Waals surface area contributed by atoms with Crippen LogP contribution in [0.4, 0.5) is 0 Å². The quantitative estimate of drug-likeness (QED) is 0.342. The topological polar surface area (TPSA) is 99.8 Å². The molecule has 0 unspecified atom stereocenters. The molecule has 1 amide bonds. The number of hydrogen-bond donors (Lipinski definition) is 1. The Bertz CT molecular complexity index is 1530. The molecule has 0 aliphatic rings. The van der Waals surface area contributed by atoms with Crippen LogP contribution in [0.1, 0.15) is 47.0 Å². The molecule has 2 heterocycles. The molecule has 180 valence electrons. The van der Waals surface area contributed by atoms with E-state index in [1.54, 1.807) is 17.7 Å². The van der Waals surface area contributed by atoms with E-state index in [0.717, 1.165) is 28.1 Å². The highest BCUT2D eigenvalue weighted by Gasteiger charge is 2.23. The Morgan fingerprint density at radius 1 is 0.806 bits per heavy atom. The van der Waals surface area contributed by atoms with Crippen molar-refractivity contribution in [2.45, 2.75) is 33.1 Å². The first-order valence-corrected chi connectivity index (χ1v) is 11.7. The van der Waals surface area contributed by atoms with Gasteiger partial charge in [-0.05, 0) is 59.5 Å². The average molecular weight is 478 g/mol. The average Bonchev–Trinajstić information content (AvgIpc) is 3.50. The normalized spacial score (nSPS) is 11.6. The zero-order chi connectivity index (χ0) is 25.4. The van der Waals surface area contributed by atoms with E-state index in [4.69, 9.17) is 10.2 Å². The summed E-state index contributed by atoms with van der Waals surface area (Å²) in [4.78, 5) is 11.5. The van der Waals surface area contributed by atoms with Crippen LogP contribution in [0.5, 0.6) is 0 Å². The summed E-state index contributed by atoms with van der Waals surface area (Å²) in [5.74, 6) is 0.546. The predicted molar refractivity (Wildman–Crippen MR) is 139 cm³/mol. The van der Waals surface area contributed by atoms with Crippen LogP contribution in [0, 0.1) is 13.8 Å². The molecule has 5 aromatic rings. The largest absolute Gasteiger partial charge is 0.421 e. The maximum absolute atomic E-state index is 11.5. The highest BCUT2D eigenvalue weighted by Crippen LogP contribution is 2.34. The molecule has 0 saturated carbocycles. The van der Waals surface area contributed by atoms with Crippen molar-refractivity contribution >= 4 is 5.91 Å². The van der Waals surface area contributed by atoms with E-state index in [0.29, 0.717) is 11.8 Å². The standard InChI is InChI=1S/C29H27N5O2/c1-18-17-26(27(30)35)33-34(18)25-15-13-24(14-16-25)29(3,4)23-11-9-21(10-12-23)20-5-7-22(8-6-20)28-32-31-19(2)36-28/h5-17H,1-4H3,(H2,30,35). The fraction of sp³-hybridized carbons (Fsp3) is 0.172. The summed E-state index contributed by atoms with van der Waals surface area (Å²) >= 11 is 0. The minimum atomic E-state index is -0.532. The number of benzene rings is 3. The molecule has 0 saturated heterocycles. The number of rotatable bonds is 6. The van der Waals surface area contributed by atoms with Crippen LogP contribution in [-0.4, -0.2) is 25.9 Å². The number of nitrogens with two attached hydrogens (primary N) is 1. The Labute approximate surface area is 209 Å². The Balaban J connectivity index is 1.36. The smallest absolute Gasteiger partial charge is 0.269 e. The van der Waals surface area contributed by atoms with E-state index in [9.17, 15) is 4.79 Å². The Kier molecular flexibility index (Phi) is 5.76. The van der Waals surface area contributed by atoms with Gasteiger partial charge < -0.3 is 10.2 Å². The number of primary amides is 1. The van der Waals surface area contributed by atoms with E-state index < -0.39 is 5.91 Å². The number of aryl methyl sites for hydroxylation is 2. The van der Waals surface area contributed by atoms with Crippen LogP contribution in [0.15, 0.2) is 83.3 Å². The van der Waals surface area contributed by atoms with Gasteiger partial charge in [-0.2, -0.15) is 5.10 Å². The van der Waals surface area contributed by atoms with Gasteiger partial charge in [0, 0.05) is 23.6 Å². The molecule has 0 atom stereocenters. The second kappa shape index (κ2) is 8.92. The van der Waals surface area contributed by atoms with Gasteiger partial charge in [0.25, 0.3) is 5.91 Å². The molecule has 0 radical (unpaired) electrons. The number of amides is 1. The van der Waals surface area contributed by atoms with E-state index in [-0.39, 0.29) is 11.1 Å². The van der Waals surface area contributed by atoms with Crippen molar-refractivity contribution in [3.63, 3.8) is 0 Å². The van der Waals surface area contributed by atoms with Crippen molar-refractivity contribution in [1.29, 1.82) is 0 Å². The summed E-state index contributed by atoms with van der Waals surface area (Å²) in [5.41, 5.74) is 12.7. The van der Waals surface area contributed by atoms with E-state index >= 15 is 0 Å². The number of carbonyl (C=O) groups is 1. The predicted octanol–water partition coefficient (Wildman–Crippen LogP) is 5.63. The molecule has 2 aromatic heterocycles. The summed E-state index contributed by atoms with van der Waals surface area (Å²) in [6, 6.07) is 26.7. The van der Waals surface area contributed by atoms with Gasteiger partial charge in [-0.15, -0.1) is 10.2 Å². The summed E-state index contributed by atoms with van der Waals surface area (Å²) in [5, 5.41) is 12.3. The Morgan fingerprint density at radius 3 is 1.83 bits per heavy atom. The molecule has 0 spiro atoms. The lowest BCUT2D eigenvalue weighted by atomic mass is 9.78. The summed E-state index contributed by atoms with van der Waals surface area (Å²) in [7, 11) is 0. The number of nitrogens with zero attached hydrogens (tertiary/aromatic N) is 4. The molecule has 0 bridgehead atoms. The van der Waals surface area contributed by atoms with Gasteiger partial charge in [0.2, 0.25) is 11.8 Å². The van der Waals surface area contributed by atoms with Gasteiger partial charge in [0.15, 0.2) is 5.69 Å². The SMILES string of the molecule is Cc1nnc(-c2ccc(-c3ccc(C(C)(C)c4ccc(-n5nc(C(N)=O)cc5C)cc4)cc3)cc2)o1. The van der Waals surface area contributed by atoms with Crippen molar-refractivity contribution in [1.82, 2.24) is 20.0 Å². The first-order chi connectivity index (χ1) is 17.2. The third-order valence-corrected chi connectivity index (χ3v) is 6.57. The van der Waals surface area contributed by atoms with Gasteiger partial charge in [0.05, 0.1) is 5.69 Å². The van der Waals surface area contributed by atoms with E-state index in [1.165, 1.54) is 11.1 Å². The molecule has 2 N–H and O–H groups in total. The van der Waals surface area contributed by atoms with E-state index in [2.05, 4.69) is 77.7 Å². The number of carbonyl (C=O) groups excluding carboxylic acids is 1. The third kappa shape index (κ3) is 4.31. The van der Waals surface area contributed by atoms with Gasteiger partial charge in [-0.3, -0.25) is 4.79 Å². The zero-order valence-corrected chi connectivity index (χ0v) is 20.7. The molecule has 0 fully saturated rings. The van der Waals surface area contributed by atoms with Crippen LogP contribution in [0.2, 0.25) is 0 Å². The number of hydrogen-bond acceptors (Lipinski definition) is 5. The van der Waals surface area contributed by atoms with Gasteiger partial charge in [-0.25, -0.2) is 4.68 Å².